The lowest BCUT2D eigenvalue weighted by Crippen LogP contribution is -2.48. The average molecular weight is 209 g/mol. The topological polar surface area (TPSA) is 35.2 Å². The van der Waals surface area contributed by atoms with Crippen LogP contribution in [0.15, 0.2) is 24.3 Å². The van der Waals surface area contributed by atoms with Crippen LogP contribution in [0.4, 0.5) is 4.39 Å². The van der Waals surface area contributed by atoms with Crippen LogP contribution in [-0.4, -0.2) is 18.2 Å². The predicted molar refractivity (Wildman–Crippen MR) is 57.1 cm³/mol. The Kier molecular flexibility index (Phi) is 2.76. The molecule has 1 fully saturated rings. The van der Waals surface area contributed by atoms with Gasteiger partial charge in [-0.05, 0) is 31.4 Å². The molecule has 1 aromatic carbocycles. The first-order valence-electron chi connectivity index (χ1n) is 5.26. The number of hydrogen-bond acceptors (Lipinski definition) is 2. The van der Waals surface area contributed by atoms with E-state index in [9.17, 15) is 4.39 Å². The van der Waals surface area contributed by atoms with Crippen molar-refractivity contribution in [3.05, 3.63) is 35.6 Å². The van der Waals surface area contributed by atoms with Crippen molar-refractivity contribution in [1.29, 1.82) is 0 Å². The van der Waals surface area contributed by atoms with Gasteiger partial charge in [-0.2, -0.15) is 0 Å². The molecule has 82 valence electrons. The molecule has 2 rings (SSSR count). The van der Waals surface area contributed by atoms with E-state index in [1.165, 1.54) is 6.07 Å². The van der Waals surface area contributed by atoms with Crippen LogP contribution in [-0.2, 0) is 11.2 Å². The number of hydrogen-bond donors (Lipinski definition) is 1. The zero-order chi connectivity index (χ0) is 10.9. The smallest absolute Gasteiger partial charge is 0.126 e. The SMILES string of the molecule is CC1OCCC1(N)Cc1ccccc1F. The van der Waals surface area contributed by atoms with Crippen LogP contribution in [0.3, 0.4) is 0 Å². The Morgan fingerprint density at radius 3 is 2.87 bits per heavy atom. The van der Waals surface area contributed by atoms with Crippen LogP contribution in [0.5, 0.6) is 0 Å². The van der Waals surface area contributed by atoms with E-state index in [4.69, 9.17) is 10.5 Å². The van der Waals surface area contributed by atoms with Gasteiger partial charge in [-0.3, -0.25) is 0 Å². The highest BCUT2D eigenvalue weighted by Crippen LogP contribution is 2.27. The molecule has 1 aromatic rings. The van der Waals surface area contributed by atoms with E-state index in [0.29, 0.717) is 18.6 Å². The first-order chi connectivity index (χ1) is 7.12. The second-order valence-corrected chi connectivity index (χ2v) is 4.26. The van der Waals surface area contributed by atoms with Gasteiger partial charge in [0.25, 0.3) is 0 Å². The fourth-order valence-electron chi connectivity index (χ4n) is 2.02. The van der Waals surface area contributed by atoms with Crippen LogP contribution < -0.4 is 5.73 Å². The Hall–Kier alpha value is -0.930. The Bertz CT molecular complexity index is 355. The minimum Gasteiger partial charge on any atom is -0.377 e. The third kappa shape index (κ3) is 2.03. The monoisotopic (exact) mass is 209 g/mol. The summed E-state index contributed by atoms with van der Waals surface area (Å²) in [5.41, 5.74) is 6.48. The number of ether oxygens (including phenoxy) is 1. The third-order valence-corrected chi connectivity index (χ3v) is 3.22. The third-order valence-electron chi connectivity index (χ3n) is 3.22. The Morgan fingerprint density at radius 1 is 1.53 bits per heavy atom. The van der Waals surface area contributed by atoms with Crippen molar-refractivity contribution in [1.82, 2.24) is 0 Å². The summed E-state index contributed by atoms with van der Waals surface area (Å²) in [7, 11) is 0. The molecular formula is C12H16FNO. The van der Waals surface area contributed by atoms with E-state index in [0.717, 1.165) is 6.42 Å². The molecule has 1 aliphatic heterocycles. The summed E-state index contributed by atoms with van der Waals surface area (Å²) in [6.07, 6.45) is 1.33. The molecule has 3 heteroatoms. The molecule has 0 aromatic heterocycles. The van der Waals surface area contributed by atoms with Crippen LogP contribution in [0, 0.1) is 5.82 Å². The minimum atomic E-state index is -0.414. The summed E-state index contributed by atoms with van der Waals surface area (Å²) < 4.78 is 18.9. The van der Waals surface area contributed by atoms with Crippen LogP contribution in [0.25, 0.3) is 0 Å². The maximum atomic E-state index is 13.4. The first-order valence-corrected chi connectivity index (χ1v) is 5.26. The maximum Gasteiger partial charge on any atom is 0.126 e. The van der Waals surface area contributed by atoms with Gasteiger partial charge in [0.1, 0.15) is 5.82 Å². The van der Waals surface area contributed by atoms with E-state index in [1.54, 1.807) is 12.1 Å². The second kappa shape index (κ2) is 3.91. The van der Waals surface area contributed by atoms with Crippen molar-refractivity contribution in [3.63, 3.8) is 0 Å². The van der Waals surface area contributed by atoms with Crippen molar-refractivity contribution in [2.75, 3.05) is 6.61 Å². The summed E-state index contributed by atoms with van der Waals surface area (Å²) in [5, 5.41) is 0. The Morgan fingerprint density at radius 2 is 2.27 bits per heavy atom. The molecule has 1 aliphatic rings. The molecule has 0 radical (unpaired) electrons. The van der Waals surface area contributed by atoms with Crippen molar-refractivity contribution >= 4 is 0 Å². The van der Waals surface area contributed by atoms with Crippen molar-refractivity contribution in [2.24, 2.45) is 5.73 Å². The van der Waals surface area contributed by atoms with Gasteiger partial charge < -0.3 is 10.5 Å². The number of halogens is 1. The fraction of sp³-hybridized carbons (Fsp3) is 0.500. The summed E-state index contributed by atoms with van der Waals surface area (Å²) in [5.74, 6) is -0.179. The largest absolute Gasteiger partial charge is 0.377 e. The molecule has 0 saturated carbocycles. The van der Waals surface area contributed by atoms with Crippen molar-refractivity contribution in [2.45, 2.75) is 31.4 Å². The molecule has 1 saturated heterocycles. The summed E-state index contributed by atoms with van der Waals surface area (Å²) >= 11 is 0. The van der Waals surface area contributed by atoms with Gasteiger partial charge in [-0.25, -0.2) is 4.39 Å². The number of rotatable bonds is 2. The molecule has 0 aliphatic carbocycles. The highest BCUT2D eigenvalue weighted by Gasteiger charge is 2.38. The lowest BCUT2D eigenvalue weighted by molar-refractivity contribution is 0.0953. The quantitative estimate of drug-likeness (QED) is 0.807. The van der Waals surface area contributed by atoms with E-state index in [2.05, 4.69) is 0 Å². The van der Waals surface area contributed by atoms with Crippen LogP contribution >= 0.6 is 0 Å². The molecule has 15 heavy (non-hydrogen) atoms. The van der Waals surface area contributed by atoms with E-state index >= 15 is 0 Å². The molecule has 2 nitrogen and oxygen atoms in total. The lowest BCUT2D eigenvalue weighted by Gasteiger charge is -2.27. The molecule has 2 N–H and O–H groups in total. The molecule has 0 amide bonds. The molecule has 0 spiro atoms. The molecular weight excluding hydrogens is 193 g/mol. The van der Waals surface area contributed by atoms with Gasteiger partial charge in [0.15, 0.2) is 0 Å². The lowest BCUT2D eigenvalue weighted by atomic mass is 9.86. The standard InChI is InChI=1S/C12H16FNO/c1-9-12(14,6-7-15-9)8-10-4-2-3-5-11(10)13/h2-5,9H,6-8,14H2,1H3. The van der Waals surface area contributed by atoms with Gasteiger partial charge in [-0.15, -0.1) is 0 Å². The molecule has 2 unspecified atom stereocenters. The van der Waals surface area contributed by atoms with Gasteiger partial charge in [0.05, 0.1) is 6.10 Å². The number of benzene rings is 1. The molecule has 2 atom stereocenters. The van der Waals surface area contributed by atoms with Crippen molar-refractivity contribution < 1.29 is 9.13 Å². The molecule has 0 bridgehead atoms. The first kappa shape index (κ1) is 10.6. The summed E-state index contributed by atoms with van der Waals surface area (Å²) in [4.78, 5) is 0. The van der Waals surface area contributed by atoms with Crippen molar-refractivity contribution in [3.8, 4) is 0 Å². The maximum absolute atomic E-state index is 13.4. The van der Waals surface area contributed by atoms with E-state index in [-0.39, 0.29) is 11.9 Å². The normalized spacial score (nSPS) is 30.7. The predicted octanol–water partition coefficient (Wildman–Crippen LogP) is 1.87. The van der Waals surface area contributed by atoms with Gasteiger partial charge in [0.2, 0.25) is 0 Å². The molecule has 1 heterocycles. The van der Waals surface area contributed by atoms with Crippen LogP contribution in [0.2, 0.25) is 0 Å². The van der Waals surface area contributed by atoms with E-state index in [1.807, 2.05) is 13.0 Å². The highest BCUT2D eigenvalue weighted by molar-refractivity contribution is 5.21. The van der Waals surface area contributed by atoms with Gasteiger partial charge >= 0.3 is 0 Å². The fourth-order valence-corrected chi connectivity index (χ4v) is 2.02. The second-order valence-electron chi connectivity index (χ2n) is 4.26. The zero-order valence-corrected chi connectivity index (χ0v) is 8.87. The Balaban J connectivity index is 2.18. The van der Waals surface area contributed by atoms with Gasteiger partial charge in [-0.1, -0.05) is 18.2 Å². The van der Waals surface area contributed by atoms with Gasteiger partial charge in [0, 0.05) is 12.1 Å². The van der Waals surface area contributed by atoms with E-state index < -0.39 is 5.54 Å². The zero-order valence-electron chi connectivity index (χ0n) is 8.87. The Labute approximate surface area is 89.2 Å². The van der Waals surface area contributed by atoms with Crippen LogP contribution in [0.1, 0.15) is 18.9 Å². The highest BCUT2D eigenvalue weighted by atomic mass is 19.1. The minimum absolute atomic E-state index is 0.00268. The summed E-state index contributed by atoms with van der Waals surface area (Å²) in [6, 6.07) is 6.78. The average Bonchev–Trinajstić information content (AvgIpc) is 2.51. The summed E-state index contributed by atoms with van der Waals surface area (Å²) in [6.45, 7) is 2.62. The number of nitrogens with two attached hydrogens (primary N) is 1.